The van der Waals surface area contributed by atoms with Crippen LogP contribution in [0.2, 0.25) is 0 Å². The third kappa shape index (κ3) is 3.37. The third-order valence-electron chi connectivity index (χ3n) is 2.01. The molecule has 13 heavy (non-hydrogen) atoms. The monoisotopic (exact) mass is 270 g/mol. The van der Waals surface area contributed by atoms with Gasteiger partial charge in [-0.1, -0.05) is 0 Å². The Balaban J connectivity index is 1.65. The predicted octanol–water partition coefficient (Wildman–Crippen LogP) is 3.33. The van der Waals surface area contributed by atoms with Crippen LogP contribution in [0, 0.1) is 0 Å². The smallest absolute Gasteiger partial charge is 0.0959 e. The lowest BCUT2D eigenvalue weighted by Crippen LogP contribution is -2.26. The van der Waals surface area contributed by atoms with Crippen molar-refractivity contribution in [3.63, 3.8) is 0 Å². The molecule has 0 amide bonds. The van der Waals surface area contributed by atoms with E-state index in [1.807, 2.05) is 11.8 Å². The van der Waals surface area contributed by atoms with Crippen molar-refractivity contribution in [2.75, 3.05) is 29.3 Å². The van der Waals surface area contributed by atoms with E-state index >= 15 is 0 Å². The lowest BCUT2D eigenvalue weighted by molar-refractivity contribution is 1.08. The lowest BCUT2D eigenvalue weighted by atomic mass is 10.5. The number of rotatable bonds is 5. The van der Waals surface area contributed by atoms with Crippen LogP contribution in [0.1, 0.15) is 0 Å². The van der Waals surface area contributed by atoms with Crippen molar-refractivity contribution >= 4 is 58.8 Å². The van der Waals surface area contributed by atoms with Crippen molar-refractivity contribution < 1.29 is 0 Å². The highest BCUT2D eigenvalue weighted by Gasteiger charge is 2.27. The number of hydrogen-bond acceptors (Lipinski definition) is 5. The minimum atomic E-state index is 0.803. The van der Waals surface area contributed by atoms with Gasteiger partial charge in [-0.05, 0) is 6.26 Å². The van der Waals surface area contributed by atoms with E-state index in [1.54, 1.807) is 0 Å². The molecule has 0 aromatic carbocycles. The van der Waals surface area contributed by atoms with Crippen LogP contribution < -0.4 is 0 Å². The molecular weight excluding hydrogens is 256 g/mol. The molecule has 0 bridgehead atoms. The molecule has 0 nitrogen and oxygen atoms in total. The van der Waals surface area contributed by atoms with Crippen LogP contribution in [0.4, 0.5) is 0 Å². The molecule has 0 spiro atoms. The highest BCUT2D eigenvalue weighted by Crippen LogP contribution is 2.45. The molecule has 2 aliphatic rings. The van der Waals surface area contributed by atoms with Crippen LogP contribution in [-0.4, -0.2) is 43.7 Å². The summed E-state index contributed by atoms with van der Waals surface area (Å²) in [5.41, 5.74) is 0. The SMILES string of the molecule is CSC(SC1CSC1)SC1CSC1. The van der Waals surface area contributed by atoms with E-state index in [0.29, 0.717) is 0 Å². The van der Waals surface area contributed by atoms with E-state index in [4.69, 9.17) is 0 Å². The largest absolute Gasteiger partial charge is 0.160 e. The fourth-order valence-electron chi connectivity index (χ4n) is 1.04. The molecule has 0 N–H and O–H groups in total. The predicted molar refractivity (Wildman–Crippen MR) is 74.7 cm³/mol. The Bertz CT molecular complexity index is 139. The van der Waals surface area contributed by atoms with Crippen LogP contribution in [0.3, 0.4) is 0 Å². The van der Waals surface area contributed by atoms with Crippen LogP contribution in [0.5, 0.6) is 0 Å². The fraction of sp³-hybridized carbons (Fsp3) is 1.00. The van der Waals surface area contributed by atoms with Gasteiger partial charge in [0.1, 0.15) is 0 Å². The van der Waals surface area contributed by atoms with E-state index in [2.05, 4.69) is 53.3 Å². The van der Waals surface area contributed by atoms with Gasteiger partial charge in [0, 0.05) is 33.5 Å². The first-order valence-corrected chi connectivity index (χ1v) is 9.86. The Morgan fingerprint density at radius 2 is 1.46 bits per heavy atom. The number of thioether (sulfide) groups is 5. The van der Waals surface area contributed by atoms with Gasteiger partial charge in [0.2, 0.25) is 0 Å². The van der Waals surface area contributed by atoms with E-state index in [-0.39, 0.29) is 0 Å². The summed E-state index contributed by atoms with van der Waals surface area (Å²) in [4.78, 5) is 0. The second-order valence-corrected chi connectivity index (χ2v) is 9.92. The minimum Gasteiger partial charge on any atom is -0.160 e. The van der Waals surface area contributed by atoms with Gasteiger partial charge in [0.15, 0.2) is 0 Å². The van der Waals surface area contributed by atoms with E-state index < -0.39 is 0 Å². The molecule has 0 unspecified atom stereocenters. The minimum absolute atomic E-state index is 0.803. The van der Waals surface area contributed by atoms with Gasteiger partial charge >= 0.3 is 0 Å². The normalized spacial score (nSPS) is 24.5. The van der Waals surface area contributed by atoms with E-state index in [9.17, 15) is 0 Å². The van der Waals surface area contributed by atoms with E-state index in [1.165, 1.54) is 23.0 Å². The van der Waals surface area contributed by atoms with Crippen molar-refractivity contribution in [1.29, 1.82) is 0 Å². The Morgan fingerprint density at radius 1 is 1.00 bits per heavy atom. The van der Waals surface area contributed by atoms with Gasteiger partial charge in [-0.15, -0.1) is 35.3 Å². The molecular formula is C8H14S5. The summed E-state index contributed by atoms with van der Waals surface area (Å²) in [7, 11) is 0. The first-order valence-electron chi connectivity index (χ1n) is 4.37. The van der Waals surface area contributed by atoms with Crippen molar-refractivity contribution in [3.8, 4) is 0 Å². The highest BCUT2D eigenvalue weighted by atomic mass is 32.3. The van der Waals surface area contributed by atoms with Gasteiger partial charge in [0.05, 0.1) is 3.91 Å². The number of hydrogen-bond donors (Lipinski definition) is 0. The van der Waals surface area contributed by atoms with Crippen LogP contribution >= 0.6 is 58.8 Å². The molecule has 76 valence electrons. The first-order chi connectivity index (χ1) is 6.38. The zero-order valence-corrected chi connectivity index (χ0v) is 11.7. The second-order valence-electron chi connectivity index (χ2n) is 3.12. The zero-order chi connectivity index (χ0) is 9.10. The topological polar surface area (TPSA) is 0 Å². The molecule has 2 fully saturated rings. The standard InChI is InChI=1S/C8H14S5/c1-9-8(12-6-2-10-3-6)13-7-4-11-5-7/h6-8H,2-5H2,1H3. The summed E-state index contributed by atoms with van der Waals surface area (Å²) < 4.78 is 0.803. The Kier molecular flexibility index (Phi) is 4.96. The van der Waals surface area contributed by atoms with Crippen LogP contribution in [0.15, 0.2) is 0 Å². The maximum atomic E-state index is 2.25. The molecule has 2 aliphatic heterocycles. The fourth-order valence-corrected chi connectivity index (χ4v) is 7.97. The quantitative estimate of drug-likeness (QED) is 0.701. The van der Waals surface area contributed by atoms with Gasteiger partial charge in [-0.2, -0.15) is 23.5 Å². The first kappa shape index (κ1) is 11.2. The van der Waals surface area contributed by atoms with Crippen molar-refractivity contribution in [2.45, 2.75) is 14.4 Å². The Hall–Kier alpha value is 1.75. The maximum absolute atomic E-state index is 2.25. The van der Waals surface area contributed by atoms with Crippen molar-refractivity contribution in [2.24, 2.45) is 0 Å². The highest BCUT2D eigenvalue weighted by molar-refractivity contribution is 8.33. The van der Waals surface area contributed by atoms with E-state index in [0.717, 1.165) is 14.4 Å². The van der Waals surface area contributed by atoms with Gasteiger partial charge in [-0.25, -0.2) is 0 Å². The Morgan fingerprint density at radius 3 is 1.69 bits per heavy atom. The molecule has 0 radical (unpaired) electrons. The molecule has 0 aromatic rings. The average Bonchev–Trinajstić information content (AvgIpc) is 1.98. The molecule has 0 aromatic heterocycles. The lowest BCUT2D eigenvalue weighted by Gasteiger charge is -2.32. The molecule has 2 rings (SSSR count). The molecule has 0 atom stereocenters. The molecule has 5 heteroatoms. The summed E-state index contributed by atoms with van der Waals surface area (Å²) >= 11 is 10.6. The molecule has 2 saturated heterocycles. The Labute approximate surface area is 102 Å². The summed E-state index contributed by atoms with van der Waals surface area (Å²) in [6.45, 7) is 0. The van der Waals surface area contributed by atoms with Crippen molar-refractivity contribution in [3.05, 3.63) is 0 Å². The summed E-state index contributed by atoms with van der Waals surface area (Å²) in [5.74, 6) is 5.56. The van der Waals surface area contributed by atoms with Crippen LogP contribution in [-0.2, 0) is 0 Å². The second kappa shape index (κ2) is 5.73. The van der Waals surface area contributed by atoms with Gasteiger partial charge < -0.3 is 0 Å². The van der Waals surface area contributed by atoms with Gasteiger partial charge in [-0.3, -0.25) is 0 Å². The third-order valence-corrected chi connectivity index (χ3v) is 10.2. The summed E-state index contributed by atoms with van der Waals surface area (Å²) in [6, 6.07) is 0. The molecule has 0 saturated carbocycles. The summed E-state index contributed by atoms with van der Waals surface area (Å²) in [6.07, 6.45) is 2.25. The molecule has 0 aliphatic carbocycles. The van der Waals surface area contributed by atoms with Gasteiger partial charge in [0.25, 0.3) is 0 Å². The summed E-state index contributed by atoms with van der Waals surface area (Å²) in [5, 5.41) is 1.92. The average molecular weight is 271 g/mol. The van der Waals surface area contributed by atoms with Crippen LogP contribution in [0.25, 0.3) is 0 Å². The maximum Gasteiger partial charge on any atom is 0.0959 e. The molecule has 2 heterocycles. The van der Waals surface area contributed by atoms with Crippen molar-refractivity contribution in [1.82, 2.24) is 0 Å². The zero-order valence-electron chi connectivity index (χ0n) is 7.60.